The van der Waals surface area contributed by atoms with Crippen molar-refractivity contribution in [3.63, 3.8) is 0 Å². The Morgan fingerprint density at radius 2 is 1.58 bits per heavy atom. The van der Waals surface area contributed by atoms with Gasteiger partial charge in [0.25, 0.3) is 0 Å². The van der Waals surface area contributed by atoms with Gasteiger partial charge in [0.2, 0.25) is 0 Å². The minimum absolute atomic E-state index is 0.177. The van der Waals surface area contributed by atoms with E-state index in [9.17, 15) is 18.4 Å². The Balaban J connectivity index is 1.72. The Bertz CT molecular complexity index is 1110. The van der Waals surface area contributed by atoms with E-state index < -0.39 is 6.36 Å². The van der Waals surface area contributed by atoms with Crippen LogP contribution in [-0.4, -0.2) is 24.5 Å². The lowest BCUT2D eigenvalue weighted by Crippen LogP contribution is -2.42. The van der Waals surface area contributed by atoms with Gasteiger partial charge in [0.1, 0.15) is 5.75 Å². The molecule has 0 N–H and O–H groups in total. The van der Waals surface area contributed by atoms with Gasteiger partial charge in [-0.2, -0.15) is 5.26 Å². The molecule has 7 heteroatoms. The third kappa shape index (κ3) is 4.75. The molecule has 0 spiro atoms. The first kappa shape index (κ1) is 21.0. The number of halogens is 3. The highest BCUT2D eigenvalue weighted by Gasteiger charge is 2.32. The van der Waals surface area contributed by atoms with E-state index in [1.807, 2.05) is 30.3 Å². The number of ether oxygens (including phenoxy) is 1. The molecule has 0 unspecified atom stereocenters. The SMILES string of the molecule is N#Cc1ccc(N2CCCCCN2Cc2ccccc2OC(F)(F)F)c2ccccc12. The van der Waals surface area contributed by atoms with Gasteiger partial charge in [-0.3, -0.25) is 0 Å². The van der Waals surface area contributed by atoms with E-state index in [1.165, 1.54) is 6.07 Å². The molecule has 4 rings (SSSR count). The molecule has 0 atom stereocenters. The Labute approximate surface area is 179 Å². The minimum Gasteiger partial charge on any atom is -0.405 e. The Hall–Kier alpha value is -3.24. The quantitative estimate of drug-likeness (QED) is 0.513. The monoisotopic (exact) mass is 425 g/mol. The van der Waals surface area contributed by atoms with Gasteiger partial charge in [-0.05, 0) is 31.0 Å². The molecule has 0 radical (unpaired) electrons. The van der Waals surface area contributed by atoms with Gasteiger partial charge in [-0.15, -0.1) is 13.2 Å². The van der Waals surface area contributed by atoms with Gasteiger partial charge in [0.15, 0.2) is 0 Å². The molecule has 0 saturated carbocycles. The molecule has 3 aromatic carbocycles. The first-order chi connectivity index (χ1) is 15.0. The van der Waals surface area contributed by atoms with E-state index in [4.69, 9.17) is 0 Å². The van der Waals surface area contributed by atoms with Crippen molar-refractivity contribution in [2.24, 2.45) is 0 Å². The number of hydrogen-bond donors (Lipinski definition) is 0. The number of para-hydroxylation sites is 1. The second-order valence-corrected chi connectivity index (χ2v) is 7.52. The number of nitriles is 1. The van der Waals surface area contributed by atoms with Crippen LogP contribution in [0.1, 0.15) is 30.4 Å². The standard InChI is InChI=1S/C24H22F3N3O/c25-24(26,27)31-23-11-5-2-8-19(23)17-29-14-6-1-7-15-30(29)22-13-12-18(16-28)20-9-3-4-10-21(20)22/h2-5,8-13H,1,6-7,14-15,17H2. The Morgan fingerprint density at radius 1 is 0.871 bits per heavy atom. The van der Waals surface area contributed by atoms with E-state index in [1.54, 1.807) is 24.3 Å². The summed E-state index contributed by atoms with van der Waals surface area (Å²) >= 11 is 0. The second-order valence-electron chi connectivity index (χ2n) is 7.52. The summed E-state index contributed by atoms with van der Waals surface area (Å²) in [5.41, 5.74) is 2.03. The summed E-state index contributed by atoms with van der Waals surface area (Å²) in [5.74, 6) is -0.177. The van der Waals surface area contributed by atoms with Gasteiger partial charge in [0, 0.05) is 36.0 Å². The van der Waals surface area contributed by atoms with Crippen molar-refractivity contribution >= 4 is 16.5 Å². The molecule has 1 fully saturated rings. The topological polar surface area (TPSA) is 39.5 Å². The van der Waals surface area contributed by atoms with Crippen molar-refractivity contribution in [1.82, 2.24) is 5.01 Å². The number of hydrazine groups is 1. The van der Waals surface area contributed by atoms with Gasteiger partial charge in [0.05, 0.1) is 17.3 Å². The molecule has 0 amide bonds. The molecule has 1 saturated heterocycles. The molecule has 0 aliphatic carbocycles. The number of alkyl halides is 3. The summed E-state index contributed by atoms with van der Waals surface area (Å²) in [5, 5.41) is 15.5. The van der Waals surface area contributed by atoms with Gasteiger partial charge >= 0.3 is 6.36 Å². The smallest absolute Gasteiger partial charge is 0.405 e. The highest BCUT2D eigenvalue weighted by atomic mass is 19.4. The van der Waals surface area contributed by atoms with E-state index >= 15 is 0 Å². The first-order valence-electron chi connectivity index (χ1n) is 10.2. The fourth-order valence-electron chi connectivity index (χ4n) is 4.09. The fourth-order valence-corrected chi connectivity index (χ4v) is 4.09. The number of fused-ring (bicyclic) bond motifs is 1. The zero-order chi connectivity index (χ0) is 21.8. The van der Waals surface area contributed by atoms with Crippen LogP contribution in [0.25, 0.3) is 10.8 Å². The summed E-state index contributed by atoms with van der Waals surface area (Å²) in [6.45, 7) is 1.76. The number of rotatable bonds is 4. The van der Waals surface area contributed by atoms with Crippen molar-refractivity contribution in [1.29, 1.82) is 5.26 Å². The summed E-state index contributed by atoms with van der Waals surface area (Å²) in [4.78, 5) is 0. The average molecular weight is 425 g/mol. The van der Waals surface area contributed by atoms with Crippen molar-refractivity contribution in [3.8, 4) is 11.8 Å². The molecule has 160 valence electrons. The third-order valence-electron chi connectivity index (χ3n) is 5.48. The molecular weight excluding hydrogens is 403 g/mol. The summed E-state index contributed by atoms with van der Waals surface area (Å²) in [6, 6.07) is 20.0. The van der Waals surface area contributed by atoms with E-state index in [0.29, 0.717) is 24.2 Å². The highest BCUT2D eigenvalue weighted by Crippen LogP contribution is 2.33. The maximum atomic E-state index is 12.9. The first-order valence-corrected chi connectivity index (χ1v) is 10.2. The Kier molecular flexibility index (Phi) is 6.01. The molecule has 4 nitrogen and oxygen atoms in total. The average Bonchev–Trinajstić information content (AvgIpc) is 2.99. The largest absolute Gasteiger partial charge is 0.573 e. The number of benzene rings is 3. The molecule has 0 aromatic heterocycles. The van der Waals surface area contributed by atoms with E-state index in [-0.39, 0.29) is 5.75 Å². The zero-order valence-corrected chi connectivity index (χ0v) is 16.9. The molecule has 1 aliphatic heterocycles. The van der Waals surface area contributed by atoms with Crippen LogP contribution in [0.15, 0.2) is 60.7 Å². The normalized spacial score (nSPS) is 15.5. The maximum Gasteiger partial charge on any atom is 0.573 e. The molecule has 0 bridgehead atoms. The predicted octanol–water partition coefficient (Wildman–Crippen LogP) is 6.02. The summed E-state index contributed by atoms with van der Waals surface area (Å²) in [6.07, 6.45) is -1.77. The summed E-state index contributed by atoms with van der Waals surface area (Å²) < 4.78 is 42.9. The van der Waals surface area contributed by atoms with Crippen LogP contribution in [-0.2, 0) is 6.54 Å². The molecule has 1 aliphatic rings. The van der Waals surface area contributed by atoms with Gasteiger partial charge in [-0.1, -0.05) is 48.9 Å². The molecular formula is C24H22F3N3O. The van der Waals surface area contributed by atoms with Crippen LogP contribution < -0.4 is 9.75 Å². The van der Waals surface area contributed by atoms with Gasteiger partial charge in [-0.25, -0.2) is 5.01 Å². The molecule has 1 heterocycles. The van der Waals surface area contributed by atoms with Crippen molar-refractivity contribution in [2.45, 2.75) is 32.2 Å². The van der Waals surface area contributed by atoms with Gasteiger partial charge < -0.3 is 9.75 Å². The fraction of sp³-hybridized carbons (Fsp3) is 0.292. The number of anilines is 1. The van der Waals surface area contributed by atoms with Crippen molar-refractivity contribution in [2.75, 3.05) is 18.1 Å². The lowest BCUT2D eigenvalue weighted by molar-refractivity contribution is -0.275. The lowest BCUT2D eigenvalue weighted by atomic mass is 10.0. The van der Waals surface area contributed by atoms with E-state index in [0.717, 1.165) is 42.3 Å². The minimum atomic E-state index is -4.74. The lowest BCUT2D eigenvalue weighted by Gasteiger charge is -2.36. The second kappa shape index (κ2) is 8.86. The predicted molar refractivity (Wildman–Crippen MR) is 113 cm³/mol. The zero-order valence-electron chi connectivity index (χ0n) is 16.9. The third-order valence-corrected chi connectivity index (χ3v) is 5.48. The van der Waals surface area contributed by atoms with Crippen LogP contribution in [0, 0.1) is 11.3 Å². The highest BCUT2D eigenvalue weighted by molar-refractivity contribution is 5.97. The number of hydrogen-bond acceptors (Lipinski definition) is 4. The van der Waals surface area contributed by atoms with Crippen molar-refractivity contribution in [3.05, 3.63) is 71.8 Å². The molecule has 3 aromatic rings. The van der Waals surface area contributed by atoms with Crippen LogP contribution >= 0.6 is 0 Å². The van der Waals surface area contributed by atoms with Crippen LogP contribution in [0.2, 0.25) is 0 Å². The van der Waals surface area contributed by atoms with Crippen LogP contribution in [0.5, 0.6) is 5.75 Å². The van der Waals surface area contributed by atoms with Crippen LogP contribution in [0.4, 0.5) is 18.9 Å². The summed E-state index contributed by atoms with van der Waals surface area (Å²) in [7, 11) is 0. The number of nitrogens with zero attached hydrogens (tertiary/aromatic N) is 3. The molecule has 31 heavy (non-hydrogen) atoms. The van der Waals surface area contributed by atoms with Crippen molar-refractivity contribution < 1.29 is 17.9 Å². The van der Waals surface area contributed by atoms with E-state index in [2.05, 4.69) is 20.8 Å². The maximum absolute atomic E-state index is 12.9. The Morgan fingerprint density at radius 3 is 2.35 bits per heavy atom. The van der Waals surface area contributed by atoms with Crippen LogP contribution in [0.3, 0.4) is 0 Å².